The van der Waals surface area contributed by atoms with Crippen LogP contribution in [-0.2, 0) is 10.9 Å². The lowest BCUT2D eigenvalue weighted by molar-refractivity contribution is 0.111. The number of nitrogens with zero attached hydrogens (tertiary/aromatic N) is 4. The summed E-state index contributed by atoms with van der Waals surface area (Å²) in [5.41, 5.74) is 3.27. The molecule has 164 valence electrons. The van der Waals surface area contributed by atoms with E-state index in [4.69, 9.17) is 33.3 Å². The molecule has 1 aromatic carbocycles. The molecule has 1 aliphatic heterocycles. The molecule has 1 aliphatic rings. The number of halogens is 2. The summed E-state index contributed by atoms with van der Waals surface area (Å²) in [6, 6.07) is 14.1. The zero-order valence-corrected chi connectivity index (χ0v) is 19.3. The van der Waals surface area contributed by atoms with Crippen LogP contribution in [-0.4, -0.2) is 64.2 Å². The van der Waals surface area contributed by atoms with Gasteiger partial charge in [-0.15, -0.1) is 0 Å². The molecular weight excluding hydrogens is 431 g/mol. The molecule has 2 aromatic heterocycles. The Bertz CT molecular complexity index is 1020. The van der Waals surface area contributed by atoms with Crippen molar-refractivity contribution in [3.63, 3.8) is 0 Å². The first-order chi connectivity index (χ1) is 15.0. The predicted molar refractivity (Wildman–Crippen MR) is 127 cm³/mol. The minimum Gasteiger partial charge on any atom is -0.396 e. The average Bonchev–Trinajstić information content (AvgIpc) is 2.82. The molecule has 0 aliphatic carbocycles. The molecule has 3 aromatic rings. The predicted octanol–water partition coefficient (Wildman–Crippen LogP) is 4.45. The molecule has 0 amide bonds. The Balaban J connectivity index is 1.71. The van der Waals surface area contributed by atoms with Crippen molar-refractivity contribution in [2.24, 2.45) is 0 Å². The first kappa shape index (κ1) is 22.4. The van der Waals surface area contributed by atoms with E-state index in [1.165, 1.54) is 0 Å². The topological polar surface area (TPSA) is 52.5 Å². The van der Waals surface area contributed by atoms with Gasteiger partial charge in [0.1, 0.15) is 0 Å². The maximum atomic E-state index is 9.04. The lowest BCUT2D eigenvalue weighted by Crippen LogP contribution is -2.51. The minimum atomic E-state index is -1.23. The molecule has 31 heavy (non-hydrogen) atoms. The van der Waals surface area contributed by atoms with Gasteiger partial charge in [-0.25, -0.2) is 4.98 Å². The van der Waals surface area contributed by atoms with Gasteiger partial charge in [0.05, 0.1) is 17.1 Å². The molecule has 5 nitrogen and oxygen atoms in total. The van der Waals surface area contributed by atoms with Crippen LogP contribution in [0.25, 0.3) is 22.2 Å². The number of benzene rings is 1. The number of piperazine rings is 1. The van der Waals surface area contributed by atoms with Gasteiger partial charge in [-0.3, -0.25) is 9.88 Å². The summed E-state index contributed by atoms with van der Waals surface area (Å²) in [6.07, 6.45) is 3.38. The van der Waals surface area contributed by atoms with E-state index in [2.05, 4.69) is 27.8 Å². The summed E-state index contributed by atoms with van der Waals surface area (Å²) in [5, 5.41) is 11.0. The van der Waals surface area contributed by atoms with Crippen LogP contribution in [0.4, 0.5) is 0 Å². The van der Waals surface area contributed by atoms with E-state index in [1.54, 1.807) is 0 Å². The first-order valence-corrected chi connectivity index (χ1v) is 11.6. The van der Waals surface area contributed by atoms with Crippen molar-refractivity contribution >= 4 is 34.0 Å². The number of aryl methyl sites for hydroxylation is 1. The van der Waals surface area contributed by atoms with E-state index >= 15 is 0 Å². The second-order valence-electron chi connectivity index (χ2n) is 7.92. The van der Waals surface area contributed by atoms with Crippen LogP contribution < -0.4 is 0 Å². The molecule has 3 heterocycles. The lowest BCUT2D eigenvalue weighted by Gasteiger charge is -2.40. The number of hydrogen-bond acceptors (Lipinski definition) is 5. The number of aromatic nitrogens is 2. The number of rotatable bonds is 7. The Morgan fingerprint density at radius 1 is 1.03 bits per heavy atom. The van der Waals surface area contributed by atoms with Gasteiger partial charge >= 0.3 is 0 Å². The third-order valence-corrected chi connectivity index (χ3v) is 6.79. The zero-order chi connectivity index (χ0) is 21.8. The number of hydrogen-bond donors (Lipinski definition) is 1. The van der Waals surface area contributed by atoms with E-state index in [-0.39, 0.29) is 6.61 Å². The number of likely N-dealkylation sites (N-methyl/N-ethyl adjacent to an activating group) is 1. The molecule has 4 rings (SSSR count). The van der Waals surface area contributed by atoms with Crippen LogP contribution in [0, 0.1) is 0 Å². The van der Waals surface area contributed by atoms with Crippen molar-refractivity contribution in [3.8, 4) is 11.4 Å². The van der Waals surface area contributed by atoms with Gasteiger partial charge in [-0.2, -0.15) is 0 Å². The highest BCUT2D eigenvalue weighted by Gasteiger charge is 2.39. The molecule has 7 heteroatoms. The molecule has 0 unspecified atom stereocenters. The van der Waals surface area contributed by atoms with Crippen molar-refractivity contribution < 1.29 is 5.11 Å². The van der Waals surface area contributed by atoms with Crippen LogP contribution in [0.5, 0.6) is 0 Å². The van der Waals surface area contributed by atoms with Gasteiger partial charge in [0, 0.05) is 44.4 Å². The smallest absolute Gasteiger partial charge is 0.214 e. The van der Waals surface area contributed by atoms with E-state index in [9.17, 15) is 0 Å². The fraction of sp³-hybridized carbons (Fsp3) is 0.417. The van der Waals surface area contributed by atoms with E-state index < -0.39 is 4.46 Å². The zero-order valence-electron chi connectivity index (χ0n) is 17.8. The monoisotopic (exact) mass is 458 g/mol. The van der Waals surface area contributed by atoms with Crippen molar-refractivity contribution in [2.45, 2.75) is 24.2 Å². The largest absolute Gasteiger partial charge is 0.396 e. The number of fused-ring (bicyclic) bond motifs is 1. The van der Waals surface area contributed by atoms with Gasteiger partial charge in [0.25, 0.3) is 0 Å². The van der Waals surface area contributed by atoms with E-state index in [0.29, 0.717) is 5.69 Å². The maximum absolute atomic E-state index is 9.04. The van der Waals surface area contributed by atoms with Crippen molar-refractivity contribution in [1.29, 1.82) is 0 Å². The van der Waals surface area contributed by atoms with Crippen LogP contribution in [0.1, 0.15) is 24.6 Å². The third kappa shape index (κ3) is 4.86. The molecule has 1 fully saturated rings. The Kier molecular flexibility index (Phi) is 7.09. The van der Waals surface area contributed by atoms with Crippen LogP contribution in [0.3, 0.4) is 0 Å². The second kappa shape index (κ2) is 9.80. The third-order valence-electron chi connectivity index (χ3n) is 5.95. The second-order valence-corrected chi connectivity index (χ2v) is 9.21. The molecule has 0 bridgehead atoms. The maximum Gasteiger partial charge on any atom is 0.214 e. The molecule has 0 saturated carbocycles. The lowest BCUT2D eigenvalue weighted by atomic mass is 10.1. The van der Waals surface area contributed by atoms with Crippen LogP contribution in [0.2, 0.25) is 0 Å². The van der Waals surface area contributed by atoms with Crippen molar-refractivity contribution in [1.82, 2.24) is 19.8 Å². The highest BCUT2D eigenvalue weighted by Crippen LogP contribution is 2.41. The summed E-state index contributed by atoms with van der Waals surface area (Å²) >= 11 is 14.0. The van der Waals surface area contributed by atoms with Crippen LogP contribution >= 0.6 is 23.2 Å². The van der Waals surface area contributed by atoms with Gasteiger partial charge in [-0.05, 0) is 42.5 Å². The molecule has 0 atom stereocenters. The van der Waals surface area contributed by atoms with Crippen molar-refractivity contribution in [3.05, 3.63) is 59.9 Å². The Labute approximate surface area is 193 Å². The SMILES string of the molecule is CCN1CCN(C(Cl)(Cl)c2nc(-c3ccc(CCCO)cn3)cc3ccccc23)CC1. The molecule has 1 N–H and O–H groups in total. The average molecular weight is 459 g/mol. The summed E-state index contributed by atoms with van der Waals surface area (Å²) in [5.74, 6) is 0. The van der Waals surface area contributed by atoms with Gasteiger partial charge in [0.15, 0.2) is 0 Å². The van der Waals surface area contributed by atoms with Crippen LogP contribution in [0.15, 0.2) is 48.7 Å². The summed E-state index contributed by atoms with van der Waals surface area (Å²) < 4.78 is -1.23. The molecular formula is C24H28Cl2N4O. The van der Waals surface area contributed by atoms with Gasteiger partial charge in [-0.1, -0.05) is 60.5 Å². The number of pyridine rings is 2. The minimum absolute atomic E-state index is 0.178. The first-order valence-electron chi connectivity index (χ1n) is 10.8. The molecule has 0 radical (unpaired) electrons. The molecule has 1 saturated heterocycles. The van der Waals surface area contributed by atoms with Crippen molar-refractivity contribution in [2.75, 3.05) is 39.3 Å². The van der Waals surface area contributed by atoms with E-state index in [1.807, 2.05) is 42.6 Å². The quantitative estimate of drug-likeness (QED) is 0.418. The number of aliphatic hydroxyl groups excluding tert-OH is 1. The summed E-state index contributed by atoms with van der Waals surface area (Å²) in [4.78, 5) is 14.0. The Morgan fingerprint density at radius 2 is 1.81 bits per heavy atom. The molecule has 0 spiro atoms. The van der Waals surface area contributed by atoms with Gasteiger partial charge < -0.3 is 10.0 Å². The Morgan fingerprint density at radius 3 is 2.48 bits per heavy atom. The van der Waals surface area contributed by atoms with Gasteiger partial charge in [0.2, 0.25) is 4.46 Å². The summed E-state index contributed by atoms with van der Waals surface area (Å²) in [6.45, 7) is 6.83. The summed E-state index contributed by atoms with van der Waals surface area (Å²) in [7, 11) is 0. The number of alkyl halides is 2. The Hall–Kier alpha value is -1.76. The number of aliphatic hydroxyl groups is 1. The fourth-order valence-electron chi connectivity index (χ4n) is 4.06. The fourth-order valence-corrected chi connectivity index (χ4v) is 4.69. The van der Waals surface area contributed by atoms with E-state index in [0.717, 1.165) is 73.3 Å². The highest BCUT2D eigenvalue weighted by molar-refractivity contribution is 6.48. The normalized spacial score (nSPS) is 16.1. The highest BCUT2D eigenvalue weighted by atomic mass is 35.5. The standard InChI is InChI=1S/C24H28Cl2N4O/c1-2-29-11-13-30(14-12-29)24(25,26)23-20-8-4-3-7-19(20)16-22(28-23)21-10-9-18(17-27-21)6-5-15-31/h3-4,7-10,16-17,31H,2,5-6,11-15H2,1H3.